The van der Waals surface area contributed by atoms with E-state index in [2.05, 4.69) is 9.97 Å². The molecule has 0 saturated carbocycles. The number of halogens is 2. The topological polar surface area (TPSA) is 46.1 Å². The quantitative estimate of drug-likeness (QED) is 0.799. The molecule has 0 aliphatic carbocycles. The zero-order valence-electron chi connectivity index (χ0n) is 11.2. The van der Waals surface area contributed by atoms with Crippen LogP contribution >= 0.6 is 0 Å². The van der Waals surface area contributed by atoms with Crippen molar-refractivity contribution < 1.29 is 13.6 Å². The summed E-state index contributed by atoms with van der Waals surface area (Å²) in [5.74, 6) is -2.96. The van der Waals surface area contributed by atoms with Gasteiger partial charge in [0.1, 0.15) is 0 Å². The summed E-state index contributed by atoms with van der Waals surface area (Å²) in [5.41, 5.74) is 0.622. The van der Waals surface area contributed by atoms with Crippen LogP contribution in [0.4, 0.5) is 8.78 Å². The molecule has 0 bridgehead atoms. The summed E-state index contributed by atoms with van der Waals surface area (Å²) in [7, 11) is 0. The van der Waals surface area contributed by atoms with Gasteiger partial charge in [-0.25, -0.2) is 9.37 Å². The molecule has 0 radical (unpaired) electrons. The SMILES string of the molecule is O=C(c1ccnc(F)c1F)N1CCCC1c1cccnc1. The number of hydrogen-bond donors (Lipinski definition) is 0. The molecule has 3 rings (SSSR count). The molecular formula is C15H13F2N3O. The van der Waals surface area contributed by atoms with E-state index in [0.717, 1.165) is 24.6 Å². The molecule has 0 N–H and O–H groups in total. The molecule has 3 heterocycles. The van der Waals surface area contributed by atoms with Crippen molar-refractivity contribution in [3.05, 3.63) is 59.7 Å². The largest absolute Gasteiger partial charge is 0.331 e. The van der Waals surface area contributed by atoms with Crippen LogP contribution < -0.4 is 0 Å². The van der Waals surface area contributed by atoms with Gasteiger partial charge in [0, 0.05) is 25.1 Å². The number of likely N-dealkylation sites (tertiary alicyclic amines) is 1. The van der Waals surface area contributed by atoms with E-state index in [-0.39, 0.29) is 11.6 Å². The van der Waals surface area contributed by atoms with Crippen molar-refractivity contribution in [1.82, 2.24) is 14.9 Å². The second-order valence-corrected chi connectivity index (χ2v) is 4.91. The van der Waals surface area contributed by atoms with Gasteiger partial charge < -0.3 is 4.90 Å². The first-order valence-corrected chi connectivity index (χ1v) is 6.69. The van der Waals surface area contributed by atoms with Crippen LogP contribution in [0, 0.1) is 11.8 Å². The Morgan fingerprint density at radius 2 is 2.14 bits per heavy atom. The minimum absolute atomic E-state index is 0.151. The van der Waals surface area contributed by atoms with Crippen LogP contribution in [-0.2, 0) is 0 Å². The van der Waals surface area contributed by atoms with Crippen LogP contribution in [0.2, 0.25) is 0 Å². The smallest absolute Gasteiger partial charge is 0.257 e. The van der Waals surface area contributed by atoms with Gasteiger partial charge in [0.05, 0.1) is 11.6 Å². The van der Waals surface area contributed by atoms with Gasteiger partial charge in [-0.1, -0.05) is 6.07 Å². The zero-order chi connectivity index (χ0) is 14.8. The number of carbonyl (C=O) groups is 1. The van der Waals surface area contributed by atoms with E-state index in [1.807, 2.05) is 6.07 Å². The molecule has 21 heavy (non-hydrogen) atoms. The van der Waals surface area contributed by atoms with Crippen LogP contribution in [-0.4, -0.2) is 27.3 Å². The third-order valence-corrected chi connectivity index (χ3v) is 3.66. The van der Waals surface area contributed by atoms with Gasteiger partial charge in [-0.2, -0.15) is 4.39 Å². The van der Waals surface area contributed by atoms with E-state index in [1.165, 1.54) is 6.07 Å². The van der Waals surface area contributed by atoms with Crippen LogP contribution in [0.1, 0.15) is 34.8 Å². The van der Waals surface area contributed by atoms with Gasteiger partial charge in [0.15, 0.2) is 5.82 Å². The average Bonchev–Trinajstić information content (AvgIpc) is 3.00. The lowest BCUT2D eigenvalue weighted by Crippen LogP contribution is -2.31. The van der Waals surface area contributed by atoms with Crippen molar-refractivity contribution in [1.29, 1.82) is 0 Å². The first kappa shape index (κ1) is 13.6. The average molecular weight is 289 g/mol. The van der Waals surface area contributed by atoms with Gasteiger partial charge in [-0.15, -0.1) is 0 Å². The maximum absolute atomic E-state index is 13.7. The first-order valence-electron chi connectivity index (χ1n) is 6.69. The summed E-state index contributed by atoms with van der Waals surface area (Å²) in [6, 6.07) is 4.73. The third kappa shape index (κ3) is 2.49. The molecule has 0 aromatic carbocycles. The van der Waals surface area contributed by atoms with Gasteiger partial charge in [0.2, 0.25) is 5.95 Å². The Balaban J connectivity index is 1.92. The highest BCUT2D eigenvalue weighted by atomic mass is 19.2. The van der Waals surface area contributed by atoms with Crippen molar-refractivity contribution in [3.8, 4) is 0 Å². The Kier molecular flexibility index (Phi) is 3.60. The van der Waals surface area contributed by atoms with E-state index in [0.29, 0.717) is 6.54 Å². The molecule has 0 spiro atoms. The lowest BCUT2D eigenvalue weighted by molar-refractivity contribution is 0.0729. The fraction of sp³-hybridized carbons (Fsp3) is 0.267. The molecule has 108 valence electrons. The fourth-order valence-electron chi connectivity index (χ4n) is 2.67. The molecule has 1 fully saturated rings. The number of rotatable bonds is 2. The lowest BCUT2D eigenvalue weighted by Gasteiger charge is -2.25. The molecule has 1 saturated heterocycles. The van der Waals surface area contributed by atoms with Crippen LogP contribution in [0.25, 0.3) is 0 Å². The van der Waals surface area contributed by atoms with Crippen molar-refractivity contribution in [2.75, 3.05) is 6.54 Å². The first-order chi connectivity index (χ1) is 10.2. The standard InChI is InChI=1S/C15H13F2N3O/c16-13-11(5-7-19-14(13)17)15(21)20-8-2-4-12(20)10-3-1-6-18-9-10/h1,3,5-7,9,12H,2,4,8H2. The van der Waals surface area contributed by atoms with Crippen LogP contribution in [0.5, 0.6) is 0 Å². The Bertz CT molecular complexity index is 663. The molecule has 6 heteroatoms. The lowest BCUT2D eigenvalue weighted by atomic mass is 10.1. The highest BCUT2D eigenvalue weighted by molar-refractivity contribution is 5.94. The fourth-order valence-corrected chi connectivity index (χ4v) is 2.67. The van der Waals surface area contributed by atoms with E-state index in [9.17, 15) is 13.6 Å². The maximum Gasteiger partial charge on any atom is 0.257 e. The summed E-state index contributed by atoms with van der Waals surface area (Å²) in [6.07, 6.45) is 6.05. The second-order valence-electron chi connectivity index (χ2n) is 4.91. The Morgan fingerprint density at radius 3 is 2.90 bits per heavy atom. The van der Waals surface area contributed by atoms with E-state index in [1.54, 1.807) is 23.4 Å². The number of carbonyl (C=O) groups excluding carboxylic acids is 1. The summed E-state index contributed by atoms with van der Waals surface area (Å²) in [6.45, 7) is 0.516. The van der Waals surface area contributed by atoms with Gasteiger partial charge >= 0.3 is 0 Å². The summed E-state index contributed by atoms with van der Waals surface area (Å²) >= 11 is 0. The zero-order valence-corrected chi connectivity index (χ0v) is 11.2. The van der Waals surface area contributed by atoms with Crippen molar-refractivity contribution in [2.24, 2.45) is 0 Å². The van der Waals surface area contributed by atoms with Crippen LogP contribution in [0.15, 0.2) is 36.8 Å². The molecule has 1 aliphatic heterocycles. The number of amides is 1. The minimum atomic E-state index is -1.25. The van der Waals surface area contributed by atoms with Crippen LogP contribution in [0.3, 0.4) is 0 Å². The molecule has 2 aromatic rings. The summed E-state index contributed by atoms with van der Waals surface area (Å²) < 4.78 is 26.9. The number of hydrogen-bond acceptors (Lipinski definition) is 3. The normalized spacial score (nSPS) is 18.0. The second kappa shape index (κ2) is 5.55. The maximum atomic E-state index is 13.7. The molecule has 1 amide bonds. The van der Waals surface area contributed by atoms with Gasteiger partial charge in [-0.3, -0.25) is 9.78 Å². The summed E-state index contributed by atoms with van der Waals surface area (Å²) in [4.78, 5) is 21.3. The number of pyridine rings is 2. The third-order valence-electron chi connectivity index (χ3n) is 3.66. The van der Waals surface area contributed by atoms with E-state index >= 15 is 0 Å². The van der Waals surface area contributed by atoms with Crippen molar-refractivity contribution >= 4 is 5.91 Å². The predicted molar refractivity (Wildman–Crippen MR) is 71.4 cm³/mol. The van der Waals surface area contributed by atoms with Gasteiger partial charge in [0.25, 0.3) is 5.91 Å². The molecule has 2 aromatic heterocycles. The highest BCUT2D eigenvalue weighted by Crippen LogP contribution is 2.33. The molecule has 1 unspecified atom stereocenters. The van der Waals surface area contributed by atoms with E-state index in [4.69, 9.17) is 0 Å². The monoisotopic (exact) mass is 289 g/mol. The number of aromatic nitrogens is 2. The molecule has 1 aliphatic rings. The molecule has 4 nitrogen and oxygen atoms in total. The number of nitrogens with zero attached hydrogens (tertiary/aromatic N) is 3. The van der Waals surface area contributed by atoms with Crippen molar-refractivity contribution in [3.63, 3.8) is 0 Å². The molecule has 1 atom stereocenters. The Labute approximate surface area is 120 Å². The Morgan fingerprint density at radius 1 is 1.29 bits per heavy atom. The summed E-state index contributed by atoms with van der Waals surface area (Å²) in [5, 5.41) is 0. The minimum Gasteiger partial charge on any atom is -0.331 e. The molecular weight excluding hydrogens is 276 g/mol. The van der Waals surface area contributed by atoms with Gasteiger partial charge in [-0.05, 0) is 30.5 Å². The Hall–Kier alpha value is -2.37. The van der Waals surface area contributed by atoms with Crippen molar-refractivity contribution in [2.45, 2.75) is 18.9 Å². The van der Waals surface area contributed by atoms with E-state index < -0.39 is 17.7 Å². The highest BCUT2D eigenvalue weighted by Gasteiger charge is 2.32. The predicted octanol–water partition coefficient (Wildman–Crippen LogP) is 2.73.